The second kappa shape index (κ2) is 5.23. The molecule has 4 nitrogen and oxygen atoms in total. The quantitative estimate of drug-likeness (QED) is 0.801. The first-order chi connectivity index (χ1) is 8.18. The van der Waals surface area contributed by atoms with Crippen LogP contribution in [0.15, 0.2) is 24.4 Å². The number of carbonyl (C=O) groups excluding carboxylic acids is 1. The lowest BCUT2D eigenvalue weighted by molar-refractivity contribution is 0.0742. The number of nitrogens with two attached hydrogens (primary N) is 1. The van der Waals surface area contributed by atoms with Gasteiger partial charge in [-0.15, -0.1) is 0 Å². The van der Waals surface area contributed by atoms with Gasteiger partial charge in [-0.25, -0.2) is 0 Å². The maximum Gasteiger partial charge on any atom is 0.272 e. The van der Waals surface area contributed by atoms with Crippen LogP contribution in [0.25, 0.3) is 0 Å². The van der Waals surface area contributed by atoms with Crippen LogP contribution in [0.4, 0.5) is 0 Å². The lowest BCUT2D eigenvalue weighted by atomic mass is 10.3. The third kappa shape index (κ3) is 3.23. The molecule has 0 unspecified atom stereocenters. The van der Waals surface area contributed by atoms with Crippen LogP contribution in [0.3, 0.4) is 0 Å². The number of pyridine rings is 1. The van der Waals surface area contributed by atoms with Crippen LogP contribution in [0.5, 0.6) is 0 Å². The van der Waals surface area contributed by atoms with Crippen molar-refractivity contribution in [2.24, 2.45) is 5.73 Å². The minimum Gasteiger partial charge on any atom is -0.393 e. The predicted molar refractivity (Wildman–Crippen MR) is 69.7 cm³/mol. The van der Waals surface area contributed by atoms with E-state index in [0.29, 0.717) is 29.7 Å². The lowest BCUT2D eigenvalue weighted by Gasteiger charge is -2.21. The Kier molecular flexibility index (Phi) is 3.68. The summed E-state index contributed by atoms with van der Waals surface area (Å²) in [6.07, 6.45) is 4.34. The third-order valence-corrected chi connectivity index (χ3v) is 2.94. The summed E-state index contributed by atoms with van der Waals surface area (Å²) < 4.78 is 0. The molecule has 1 aliphatic rings. The summed E-state index contributed by atoms with van der Waals surface area (Å²) in [6.45, 7) is 0.593. The second-order valence-corrected chi connectivity index (χ2v) is 4.69. The number of carbonyl (C=O) groups is 1. The van der Waals surface area contributed by atoms with E-state index >= 15 is 0 Å². The van der Waals surface area contributed by atoms with Gasteiger partial charge in [0, 0.05) is 25.2 Å². The van der Waals surface area contributed by atoms with Crippen LogP contribution in [0, 0.1) is 0 Å². The first kappa shape index (κ1) is 12.0. The van der Waals surface area contributed by atoms with Crippen LogP contribution >= 0.6 is 12.2 Å². The average Bonchev–Trinajstić information content (AvgIpc) is 3.14. The molecule has 2 N–H and O–H groups in total. The highest BCUT2D eigenvalue weighted by Gasteiger charge is 2.33. The normalized spacial score (nSPS) is 14.4. The van der Waals surface area contributed by atoms with Gasteiger partial charge in [-0.2, -0.15) is 0 Å². The van der Waals surface area contributed by atoms with Gasteiger partial charge in [0.15, 0.2) is 0 Å². The fourth-order valence-electron chi connectivity index (χ4n) is 1.70. The SMILES string of the molecule is NC(=S)CCN(C(=O)c1ccccn1)C1CC1. The van der Waals surface area contributed by atoms with Crippen molar-refractivity contribution in [3.63, 3.8) is 0 Å². The molecule has 5 heteroatoms. The van der Waals surface area contributed by atoms with Crippen molar-refractivity contribution in [1.29, 1.82) is 0 Å². The van der Waals surface area contributed by atoms with E-state index in [2.05, 4.69) is 4.98 Å². The average molecular weight is 249 g/mol. The van der Waals surface area contributed by atoms with Gasteiger partial charge in [0.2, 0.25) is 0 Å². The molecule has 0 bridgehead atoms. The molecule has 0 spiro atoms. The van der Waals surface area contributed by atoms with Gasteiger partial charge in [0.05, 0.1) is 4.99 Å². The summed E-state index contributed by atoms with van der Waals surface area (Å²) in [5, 5.41) is 0. The Morgan fingerprint density at radius 2 is 2.29 bits per heavy atom. The van der Waals surface area contributed by atoms with E-state index in [4.69, 9.17) is 18.0 Å². The molecule has 1 heterocycles. The Morgan fingerprint density at radius 3 is 2.82 bits per heavy atom. The largest absolute Gasteiger partial charge is 0.393 e. The second-order valence-electron chi connectivity index (χ2n) is 4.16. The molecular weight excluding hydrogens is 234 g/mol. The van der Waals surface area contributed by atoms with Gasteiger partial charge in [-0.05, 0) is 25.0 Å². The molecule has 1 amide bonds. The molecule has 0 radical (unpaired) electrons. The van der Waals surface area contributed by atoms with Crippen LogP contribution in [-0.4, -0.2) is 33.4 Å². The van der Waals surface area contributed by atoms with E-state index in [1.807, 2.05) is 11.0 Å². The Bertz CT molecular complexity index is 417. The van der Waals surface area contributed by atoms with Crippen molar-refractivity contribution in [2.75, 3.05) is 6.54 Å². The molecule has 1 fully saturated rings. The molecule has 1 aromatic rings. The van der Waals surface area contributed by atoms with Gasteiger partial charge < -0.3 is 10.6 Å². The van der Waals surface area contributed by atoms with Gasteiger partial charge >= 0.3 is 0 Å². The lowest BCUT2D eigenvalue weighted by Crippen LogP contribution is -2.36. The number of thiocarbonyl (C=S) groups is 1. The zero-order valence-electron chi connectivity index (χ0n) is 9.50. The van der Waals surface area contributed by atoms with Gasteiger partial charge in [-0.1, -0.05) is 18.3 Å². The predicted octanol–water partition coefficient (Wildman–Crippen LogP) is 1.36. The van der Waals surface area contributed by atoms with E-state index in [0.717, 1.165) is 12.8 Å². The first-order valence-corrected chi connectivity index (χ1v) is 6.09. The minimum atomic E-state index is -0.0237. The standard InChI is InChI=1S/C12H15N3OS/c13-11(17)6-8-15(9-4-5-9)12(16)10-3-1-2-7-14-10/h1-3,7,9H,4-6,8H2,(H2,13,17). The molecule has 0 atom stereocenters. The van der Waals surface area contributed by atoms with Crippen LogP contribution in [0.2, 0.25) is 0 Å². The Balaban J connectivity index is 2.05. The molecule has 0 aromatic carbocycles. The van der Waals surface area contributed by atoms with Crippen molar-refractivity contribution in [3.8, 4) is 0 Å². The van der Waals surface area contributed by atoms with E-state index < -0.39 is 0 Å². The number of hydrogen-bond donors (Lipinski definition) is 1. The van der Waals surface area contributed by atoms with Crippen molar-refractivity contribution < 1.29 is 4.79 Å². The molecule has 90 valence electrons. The monoisotopic (exact) mass is 249 g/mol. The third-order valence-electron chi connectivity index (χ3n) is 2.73. The minimum absolute atomic E-state index is 0.0237. The maximum absolute atomic E-state index is 12.2. The van der Waals surface area contributed by atoms with Crippen LogP contribution in [-0.2, 0) is 0 Å². The van der Waals surface area contributed by atoms with Crippen molar-refractivity contribution in [1.82, 2.24) is 9.88 Å². The van der Waals surface area contributed by atoms with Crippen molar-refractivity contribution in [3.05, 3.63) is 30.1 Å². The number of rotatable bonds is 5. The fourth-order valence-corrected chi connectivity index (χ4v) is 1.79. The molecule has 0 saturated heterocycles. The molecular formula is C12H15N3OS. The van der Waals surface area contributed by atoms with Gasteiger partial charge in [0.1, 0.15) is 5.69 Å². The number of hydrogen-bond acceptors (Lipinski definition) is 3. The Hall–Kier alpha value is -1.49. The number of amides is 1. The van der Waals surface area contributed by atoms with Crippen LogP contribution < -0.4 is 5.73 Å². The molecule has 1 saturated carbocycles. The molecule has 1 aromatic heterocycles. The topological polar surface area (TPSA) is 59.2 Å². The zero-order chi connectivity index (χ0) is 12.3. The number of aromatic nitrogens is 1. The van der Waals surface area contributed by atoms with Gasteiger partial charge in [-0.3, -0.25) is 9.78 Å². The van der Waals surface area contributed by atoms with Crippen molar-refractivity contribution >= 4 is 23.1 Å². The summed E-state index contributed by atoms with van der Waals surface area (Å²) in [7, 11) is 0. The molecule has 1 aliphatic carbocycles. The summed E-state index contributed by atoms with van der Waals surface area (Å²) in [4.78, 5) is 18.6. The van der Waals surface area contributed by atoms with Crippen molar-refractivity contribution in [2.45, 2.75) is 25.3 Å². The highest BCUT2D eigenvalue weighted by molar-refractivity contribution is 7.80. The molecule has 2 rings (SSSR count). The Labute approximate surface area is 106 Å². The molecule has 0 aliphatic heterocycles. The number of nitrogens with zero attached hydrogens (tertiary/aromatic N) is 2. The van der Waals surface area contributed by atoms with E-state index in [-0.39, 0.29) is 5.91 Å². The summed E-state index contributed by atoms with van der Waals surface area (Å²) in [6, 6.07) is 5.70. The smallest absolute Gasteiger partial charge is 0.272 e. The summed E-state index contributed by atoms with van der Waals surface area (Å²) in [5.41, 5.74) is 5.97. The van der Waals surface area contributed by atoms with E-state index in [1.54, 1.807) is 18.3 Å². The highest BCUT2D eigenvalue weighted by atomic mass is 32.1. The Morgan fingerprint density at radius 1 is 1.53 bits per heavy atom. The van der Waals surface area contributed by atoms with Crippen LogP contribution in [0.1, 0.15) is 29.8 Å². The van der Waals surface area contributed by atoms with Gasteiger partial charge in [0.25, 0.3) is 5.91 Å². The zero-order valence-corrected chi connectivity index (χ0v) is 10.3. The molecule has 17 heavy (non-hydrogen) atoms. The van der Waals surface area contributed by atoms with E-state index in [1.165, 1.54) is 0 Å². The maximum atomic E-state index is 12.2. The first-order valence-electron chi connectivity index (χ1n) is 5.69. The highest BCUT2D eigenvalue weighted by Crippen LogP contribution is 2.28. The van der Waals surface area contributed by atoms with E-state index in [9.17, 15) is 4.79 Å². The summed E-state index contributed by atoms with van der Waals surface area (Å²) in [5.74, 6) is -0.0237. The summed E-state index contributed by atoms with van der Waals surface area (Å²) >= 11 is 4.85. The fraction of sp³-hybridized carbons (Fsp3) is 0.417.